The van der Waals surface area contributed by atoms with Crippen molar-refractivity contribution < 1.29 is 18.0 Å². The van der Waals surface area contributed by atoms with E-state index in [1.165, 1.54) is 17.0 Å². The Hall–Kier alpha value is -3.07. The second-order valence-electron chi connectivity index (χ2n) is 9.49. The van der Waals surface area contributed by atoms with Crippen molar-refractivity contribution in [3.05, 3.63) is 94.0 Å². The molecular weight excluding hydrogens is 569 g/mol. The number of nitrogens with zero attached hydrogens (tertiary/aromatic N) is 2. The summed E-state index contributed by atoms with van der Waals surface area (Å²) in [4.78, 5) is 28.7. The zero-order valence-corrected chi connectivity index (χ0v) is 25.3. The zero-order valence-electron chi connectivity index (χ0n) is 22.9. The SMILES string of the molecule is CCCCNC(=O)[C@@H](CC)N(Cc1ccc(Cl)cc1Cl)C(=O)CN(c1ccccc1)S(=O)(=O)c1ccc(C)cc1. The number of sulfonamides is 1. The molecule has 0 saturated carbocycles. The summed E-state index contributed by atoms with van der Waals surface area (Å²) in [6.45, 7) is 5.67. The van der Waals surface area contributed by atoms with E-state index in [4.69, 9.17) is 23.2 Å². The summed E-state index contributed by atoms with van der Waals surface area (Å²) >= 11 is 12.5. The smallest absolute Gasteiger partial charge is 0.264 e. The van der Waals surface area contributed by atoms with Crippen LogP contribution in [-0.2, 0) is 26.2 Å². The molecule has 10 heteroatoms. The topological polar surface area (TPSA) is 86.8 Å². The van der Waals surface area contributed by atoms with E-state index in [1.807, 2.05) is 20.8 Å². The van der Waals surface area contributed by atoms with Crippen LogP contribution in [0.15, 0.2) is 77.7 Å². The number of amides is 2. The number of nitrogens with one attached hydrogen (secondary N) is 1. The molecule has 0 aliphatic carbocycles. The molecule has 40 heavy (non-hydrogen) atoms. The van der Waals surface area contributed by atoms with Crippen LogP contribution in [0.2, 0.25) is 10.0 Å². The first-order valence-electron chi connectivity index (χ1n) is 13.2. The lowest BCUT2D eigenvalue weighted by Crippen LogP contribution is -2.52. The monoisotopic (exact) mass is 603 g/mol. The first-order valence-corrected chi connectivity index (χ1v) is 15.4. The second kappa shape index (κ2) is 14.5. The van der Waals surface area contributed by atoms with E-state index in [-0.39, 0.29) is 17.3 Å². The Morgan fingerprint density at radius 2 is 1.62 bits per heavy atom. The molecule has 0 aliphatic rings. The number of carbonyl (C=O) groups is 2. The van der Waals surface area contributed by atoms with E-state index < -0.39 is 28.5 Å². The number of hydrogen-bond donors (Lipinski definition) is 1. The van der Waals surface area contributed by atoms with Gasteiger partial charge in [-0.15, -0.1) is 0 Å². The Morgan fingerprint density at radius 1 is 0.950 bits per heavy atom. The number of unbranched alkanes of at least 4 members (excludes halogenated alkanes) is 1. The minimum absolute atomic E-state index is 0.00174. The van der Waals surface area contributed by atoms with Gasteiger partial charge in [-0.3, -0.25) is 13.9 Å². The minimum Gasteiger partial charge on any atom is -0.354 e. The van der Waals surface area contributed by atoms with Crippen LogP contribution in [0, 0.1) is 6.92 Å². The zero-order chi connectivity index (χ0) is 29.3. The molecule has 0 aromatic heterocycles. The number of halogens is 2. The number of aryl methyl sites for hydroxylation is 1. The van der Waals surface area contributed by atoms with Gasteiger partial charge in [0.25, 0.3) is 10.0 Å². The number of hydrogen-bond acceptors (Lipinski definition) is 4. The third-order valence-corrected chi connectivity index (χ3v) is 8.88. The third kappa shape index (κ3) is 7.99. The van der Waals surface area contributed by atoms with Gasteiger partial charge in [-0.05, 0) is 61.7 Å². The predicted molar refractivity (Wildman–Crippen MR) is 161 cm³/mol. The highest BCUT2D eigenvalue weighted by molar-refractivity contribution is 7.92. The van der Waals surface area contributed by atoms with Gasteiger partial charge in [0.15, 0.2) is 0 Å². The van der Waals surface area contributed by atoms with Crippen molar-refractivity contribution in [1.29, 1.82) is 0 Å². The summed E-state index contributed by atoms with van der Waals surface area (Å²) in [5, 5.41) is 3.69. The highest BCUT2D eigenvalue weighted by Gasteiger charge is 2.33. The summed E-state index contributed by atoms with van der Waals surface area (Å²) in [7, 11) is -4.11. The van der Waals surface area contributed by atoms with E-state index in [0.29, 0.717) is 34.3 Å². The molecule has 0 bridgehead atoms. The Kier molecular flexibility index (Phi) is 11.4. The average Bonchev–Trinajstić information content (AvgIpc) is 2.93. The van der Waals surface area contributed by atoms with Crippen molar-refractivity contribution in [3.8, 4) is 0 Å². The first kappa shape index (κ1) is 31.5. The molecule has 1 N–H and O–H groups in total. The highest BCUT2D eigenvalue weighted by Crippen LogP contribution is 2.27. The number of para-hydroxylation sites is 1. The molecule has 3 rings (SSSR count). The molecular formula is C30H35Cl2N3O4S. The molecule has 0 unspecified atom stereocenters. The second-order valence-corrected chi connectivity index (χ2v) is 12.2. The van der Waals surface area contributed by atoms with Crippen molar-refractivity contribution in [3.63, 3.8) is 0 Å². The van der Waals surface area contributed by atoms with E-state index in [0.717, 1.165) is 22.7 Å². The summed E-state index contributed by atoms with van der Waals surface area (Å²) in [5.74, 6) is -0.843. The molecule has 0 heterocycles. The number of anilines is 1. The van der Waals surface area contributed by atoms with Gasteiger partial charge in [0, 0.05) is 23.1 Å². The van der Waals surface area contributed by atoms with Crippen LogP contribution in [0.1, 0.15) is 44.2 Å². The molecule has 0 radical (unpaired) electrons. The molecule has 0 saturated heterocycles. The summed E-state index contributed by atoms with van der Waals surface area (Å²) in [6, 6.07) is 19.0. The lowest BCUT2D eigenvalue weighted by Gasteiger charge is -2.33. The van der Waals surface area contributed by atoms with Crippen LogP contribution < -0.4 is 9.62 Å². The number of benzene rings is 3. The lowest BCUT2D eigenvalue weighted by molar-refractivity contribution is -0.140. The molecule has 214 valence electrons. The van der Waals surface area contributed by atoms with Gasteiger partial charge in [-0.2, -0.15) is 0 Å². The quantitative estimate of drug-likeness (QED) is 0.235. The fraction of sp³-hybridized carbons (Fsp3) is 0.333. The summed E-state index contributed by atoms with van der Waals surface area (Å²) < 4.78 is 28.8. The van der Waals surface area contributed by atoms with Crippen LogP contribution >= 0.6 is 23.2 Å². The summed E-state index contributed by atoms with van der Waals surface area (Å²) in [6.07, 6.45) is 2.03. The van der Waals surface area contributed by atoms with E-state index in [9.17, 15) is 18.0 Å². The van der Waals surface area contributed by atoms with Crippen LogP contribution in [0.4, 0.5) is 5.69 Å². The van der Waals surface area contributed by atoms with Crippen LogP contribution in [-0.4, -0.2) is 44.3 Å². The van der Waals surface area contributed by atoms with Crippen molar-refractivity contribution in [2.75, 3.05) is 17.4 Å². The Balaban J connectivity index is 2.03. The molecule has 0 fully saturated rings. The van der Waals surface area contributed by atoms with Gasteiger partial charge in [0.05, 0.1) is 10.6 Å². The normalized spacial score (nSPS) is 12.0. The maximum Gasteiger partial charge on any atom is 0.264 e. The Labute approximate surface area is 247 Å². The van der Waals surface area contributed by atoms with Crippen molar-refractivity contribution in [1.82, 2.24) is 10.2 Å². The number of carbonyl (C=O) groups excluding carboxylic acids is 2. The maximum absolute atomic E-state index is 14.0. The fourth-order valence-corrected chi connectivity index (χ4v) is 6.10. The maximum atomic E-state index is 14.0. The molecule has 7 nitrogen and oxygen atoms in total. The van der Waals surface area contributed by atoms with Crippen LogP contribution in [0.5, 0.6) is 0 Å². The van der Waals surface area contributed by atoms with E-state index in [2.05, 4.69) is 5.32 Å². The van der Waals surface area contributed by atoms with Crippen molar-refractivity contribution in [2.24, 2.45) is 0 Å². The molecule has 3 aromatic rings. The Bertz CT molecular complexity index is 1400. The van der Waals surface area contributed by atoms with Crippen LogP contribution in [0.25, 0.3) is 0 Å². The molecule has 0 aliphatic heterocycles. The van der Waals surface area contributed by atoms with Crippen LogP contribution in [0.3, 0.4) is 0 Å². The predicted octanol–water partition coefficient (Wildman–Crippen LogP) is 6.22. The van der Waals surface area contributed by atoms with Gasteiger partial charge in [0.1, 0.15) is 12.6 Å². The minimum atomic E-state index is -4.11. The van der Waals surface area contributed by atoms with E-state index >= 15 is 0 Å². The summed E-state index contributed by atoms with van der Waals surface area (Å²) in [5.41, 5.74) is 1.83. The standard InChI is InChI=1S/C30H35Cl2N3O4S/c1-4-6-18-33-30(37)28(5-2)34(20-23-14-15-24(31)19-27(23)32)29(36)21-35(25-10-8-7-9-11-25)40(38,39)26-16-12-22(3)13-17-26/h7-17,19,28H,4-6,18,20-21H2,1-3H3,(H,33,37)/t28-/m1/s1. The molecule has 2 amide bonds. The highest BCUT2D eigenvalue weighted by atomic mass is 35.5. The lowest BCUT2D eigenvalue weighted by atomic mass is 10.1. The van der Waals surface area contributed by atoms with Crippen molar-refractivity contribution >= 4 is 50.7 Å². The fourth-order valence-electron chi connectivity index (χ4n) is 4.22. The van der Waals surface area contributed by atoms with Crippen molar-refractivity contribution in [2.45, 2.75) is 57.5 Å². The van der Waals surface area contributed by atoms with Gasteiger partial charge >= 0.3 is 0 Å². The number of rotatable bonds is 13. The first-order chi connectivity index (χ1) is 19.1. The third-order valence-electron chi connectivity index (χ3n) is 6.50. The van der Waals surface area contributed by atoms with Gasteiger partial charge in [0.2, 0.25) is 11.8 Å². The van der Waals surface area contributed by atoms with Gasteiger partial charge in [-0.25, -0.2) is 8.42 Å². The van der Waals surface area contributed by atoms with Gasteiger partial charge in [-0.1, -0.05) is 85.4 Å². The van der Waals surface area contributed by atoms with Gasteiger partial charge < -0.3 is 10.2 Å². The largest absolute Gasteiger partial charge is 0.354 e. The molecule has 3 aromatic carbocycles. The molecule has 0 spiro atoms. The Morgan fingerprint density at radius 3 is 2.23 bits per heavy atom. The van der Waals surface area contributed by atoms with E-state index in [1.54, 1.807) is 60.7 Å². The average molecular weight is 605 g/mol. The molecule has 1 atom stereocenters.